The highest BCUT2D eigenvalue weighted by molar-refractivity contribution is 5.91. The molecule has 10 nitrogen and oxygen atoms in total. The summed E-state index contributed by atoms with van der Waals surface area (Å²) in [5.74, 6) is -3.26. The van der Waals surface area contributed by atoms with Crippen LogP contribution in [0.3, 0.4) is 0 Å². The Hall–Kier alpha value is -5.32. The number of ether oxygens (including phenoxy) is 6. The molecule has 5 atom stereocenters. The average Bonchev–Trinajstić information content (AvgIpc) is 3.16. The second-order valence-electron chi connectivity index (χ2n) is 11.2. The lowest BCUT2D eigenvalue weighted by molar-refractivity contribution is -0.298. The first-order valence-electron chi connectivity index (χ1n) is 16.6. The van der Waals surface area contributed by atoms with E-state index in [2.05, 4.69) is 0 Å². The third-order valence-corrected chi connectivity index (χ3v) is 7.62. The molecule has 0 radical (unpaired) electrons. The van der Waals surface area contributed by atoms with Crippen LogP contribution in [0.1, 0.15) is 69.0 Å². The van der Waals surface area contributed by atoms with Crippen molar-refractivity contribution in [2.45, 2.75) is 56.9 Å². The zero-order chi connectivity index (χ0) is 35.3. The van der Waals surface area contributed by atoms with Gasteiger partial charge in [0.25, 0.3) is 0 Å². The largest absolute Gasteiger partial charge is 0.459 e. The fourth-order valence-electron chi connectivity index (χ4n) is 5.06. The van der Waals surface area contributed by atoms with Crippen molar-refractivity contribution >= 4 is 23.9 Å². The van der Waals surface area contributed by atoms with Crippen LogP contribution in [-0.2, 0) is 28.4 Å². The zero-order valence-electron chi connectivity index (χ0n) is 28.0. The van der Waals surface area contributed by atoms with Crippen molar-refractivity contribution in [3.63, 3.8) is 0 Å². The molecule has 1 aliphatic rings. The van der Waals surface area contributed by atoms with Crippen LogP contribution < -0.4 is 0 Å². The summed E-state index contributed by atoms with van der Waals surface area (Å²) in [5, 5.41) is 0. The van der Waals surface area contributed by atoms with Crippen LogP contribution in [0, 0.1) is 0 Å². The minimum absolute atomic E-state index is 0.0150. The maximum Gasteiger partial charge on any atom is 0.338 e. The molecule has 10 heteroatoms. The maximum absolute atomic E-state index is 13.7. The maximum atomic E-state index is 13.7. The molecule has 254 valence electrons. The third-order valence-electron chi connectivity index (χ3n) is 7.62. The summed E-state index contributed by atoms with van der Waals surface area (Å²) in [6, 6.07) is 32.3. The molecular formula is C39H38O10. The Morgan fingerprint density at radius 1 is 0.571 bits per heavy atom. The van der Waals surface area contributed by atoms with Gasteiger partial charge in [-0.15, -0.1) is 0 Å². The Balaban J connectivity index is 1.57. The van der Waals surface area contributed by atoms with Gasteiger partial charge in [-0.2, -0.15) is 0 Å². The molecule has 1 aliphatic heterocycles. The highest BCUT2D eigenvalue weighted by Crippen LogP contribution is 2.32. The lowest BCUT2D eigenvalue weighted by Gasteiger charge is -2.44. The van der Waals surface area contributed by atoms with Crippen LogP contribution in [0.5, 0.6) is 0 Å². The van der Waals surface area contributed by atoms with Gasteiger partial charge >= 0.3 is 23.9 Å². The van der Waals surface area contributed by atoms with Crippen LogP contribution in [0.4, 0.5) is 0 Å². The smallest absolute Gasteiger partial charge is 0.338 e. The van der Waals surface area contributed by atoms with Gasteiger partial charge < -0.3 is 28.4 Å². The van der Waals surface area contributed by atoms with E-state index in [1.807, 2.05) is 6.92 Å². The highest BCUT2D eigenvalue weighted by Gasteiger charge is 2.53. The minimum atomic E-state index is -2.50. The number of carbonyl (C=O) groups excluding carboxylic acids is 4. The molecule has 0 aromatic heterocycles. The van der Waals surface area contributed by atoms with E-state index in [9.17, 15) is 20.5 Å². The molecule has 49 heavy (non-hydrogen) atoms. The first kappa shape index (κ1) is 33.6. The summed E-state index contributed by atoms with van der Waals surface area (Å²) >= 11 is 0. The topological polar surface area (TPSA) is 124 Å². The monoisotopic (exact) mass is 667 g/mol. The Kier molecular flexibility index (Phi) is 12.1. The molecule has 4 aromatic carbocycles. The van der Waals surface area contributed by atoms with Gasteiger partial charge in [0.05, 0.1) is 23.6 Å². The number of carbonyl (C=O) groups is 4. The quantitative estimate of drug-likeness (QED) is 0.0842. The Morgan fingerprint density at radius 3 is 1.43 bits per heavy atom. The van der Waals surface area contributed by atoms with E-state index < -0.39 is 61.2 Å². The predicted molar refractivity (Wildman–Crippen MR) is 178 cm³/mol. The molecule has 0 amide bonds. The Bertz CT molecular complexity index is 1700. The van der Waals surface area contributed by atoms with E-state index >= 15 is 0 Å². The molecule has 5 rings (SSSR count). The Labute approximate surface area is 286 Å². The van der Waals surface area contributed by atoms with Crippen molar-refractivity contribution in [3.05, 3.63) is 144 Å². The Morgan fingerprint density at radius 2 is 0.980 bits per heavy atom. The fourth-order valence-corrected chi connectivity index (χ4v) is 5.06. The van der Waals surface area contributed by atoms with Gasteiger partial charge in [0, 0.05) is 6.61 Å². The first-order chi connectivity index (χ1) is 24.3. The molecule has 0 spiro atoms. The van der Waals surface area contributed by atoms with E-state index in [0.717, 1.165) is 12.8 Å². The van der Waals surface area contributed by atoms with Crippen molar-refractivity contribution in [1.29, 1.82) is 0 Å². The zero-order valence-corrected chi connectivity index (χ0v) is 27.0. The number of rotatable bonds is 14. The first-order valence-corrected chi connectivity index (χ1v) is 16.1. The second-order valence-corrected chi connectivity index (χ2v) is 11.2. The summed E-state index contributed by atoms with van der Waals surface area (Å²) in [6.07, 6.45) is -6.75. The molecular weight excluding hydrogens is 628 g/mol. The number of benzene rings is 4. The van der Waals surface area contributed by atoms with Crippen molar-refractivity contribution < 1.29 is 49.0 Å². The van der Waals surface area contributed by atoms with Crippen LogP contribution in [0.15, 0.2) is 121 Å². The van der Waals surface area contributed by atoms with Crippen LogP contribution in [0.25, 0.3) is 0 Å². The minimum Gasteiger partial charge on any atom is -0.459 e. The molecule has 0 saturated carbocycles. The number of esters is 4. The number of unbranched alkanes of at least 4 members (excludes halogenated alkanes) is 2. The SMILES string of the molecule is [2H][C@@]1(OCCCCC)O[C@H](COC(=O)c2ccccc2)[C@@H](OC(=O)c2ccccc2)[C@H](OC(=O)c2ccccc2)[C@H]1OC(=O)c1ccccc1. The van der Waals surface area contributed by atoms with Gasteiger partial charge in [0.2, 0.25) is 0 Å². The lowest BCUT2D eigenvalue weighted by Crippen LogP contribution is -2.63. The van der Waals surface area contributed by atoms with E-state index in [0.29, 0.717) is 6.42 Å². The molecule has 0 N–H and O–H groups in total. The van der Waals surface area contributed by atoms with Crippen molar-refractivity contribution in [2.24, 2.45) is 0 Å². The predicted octanol–water partition coefficient (Wildman–Crippen LogP) is 6.45. The standard InChI is InChI=1S/C39H38O10/c1-2-3-16-25-44-39-34(49-38(43)30-23-14-7-15-24-30)33(48-37(42)29-21-12-6-13-22-29)32(47-36(41)28-19-10-5-11-20-28)31(46-39)26-45-35(40)27-17-8-4-9-18-27/h4-15,17-24,31-34,39H,2-3,16,25-26H2,1H3/t31-,32-,33+,34-,39-/m1/s1/i39D. The molecule has 1 saturated heterocycles. The van der Waals surface area contributed by atoms with Crippen LogP contribution in [-0.4, -0.2) is 67.8 Å². The van der Waals surface area contributed by atoms with E-state index in [4.69, 9.17) is 28.4 Å². The summed E-state index contributed by atoms with van der Waals surface area (Å²) < 4.78 is 45.1. The summed E-state index contributed by atoms with van der Waals surface area (Å²) in [5.41, 5.74) is 0.699. The summed E-state index contributed by atoms with van der Waals surface area (Å²) in [7, 11) is 0. The number of hydrogen-bond acceptors (Lipinski definition) is 10. The molecule has 0 bridgehead atoms. The summed E-state index contributed by atoms with van der Waals surface area (Å²) in [4.78, 5) is 53.8. The van der Waals surface area contributed by atoms with Crippen molar-refractivity contribution in [2.75, 3.05) is 13.2 Å². The van der Waals surface area contributed by atoms with Crippen LogP contribution in [0.2, 0.25) is 0 Å². The van der Waals surface area contributed by atoms with E-state index in [1.54, 1.807) is 84.9 Å². The fraction of sp³-hybridized carbons (Fsp3) is 0.282. The van der Waals surface area contributed by atoms with Gasteiger partial charge in [-0.1, -0.05) is 92.6 Å². The summed E-state index contributed by atoms with van der Waals surface area (Å²) in [6.45, 7) is 1.47. The molecule has 0 aliphatic carbocycles. The van der Waals surface area contributed by atoms with Crippen LogP contribution >= 0.6 is 0 Å². The van der Waals surface area contributed by atoms with Gasteiger partial charge in [0.15, 0.2) is 24.6 Å². The van der Waals surface area contributed by atoms with Gasteiger partial charge in [-0.05, 0) is 55.0 Å². The third kappa shape index (κ3) is 9.62. The van der Waals surface area contributed by atoms with Crippen molar-refractivity contribution in [1.82, 2.24) is 0 Å². The van der Waals surface area contributed by atoms with Gasteiger partial charge in [-0.25, -0.2) is 19.2 Å². The van der Waals surface area contributed by atoms with Gasteiger partial charge in [0.1, 0.15) is 12.7 Å². The van der Waals surface area contributed by atoms with Gasteiger partial charge in [-0.3, -0.25) is 0 Å². The lowest BCUT2D eigenvalue weighted by atomic mass is 9.97. The van der Waals surface area contributed by atoms with E-state index in [-0.39, 0.29) is 28.9 Å². The number of hydrogen-bond donors (Lipinski definition) is 0. The highest BCUT2D eigenvalue weighted by atomic mass is 16.7. The van der Waals surface area contributed by atoms with Crippen molar-refractivity contribution in [3.8, 4) is 0 Å². The second kappa shape index (κ2) is 17.7. The normalized spacial score (nSPS) is 21.9. The molecule has 0 unspecified atom stereocenters. The average molecular weight is 668 g/mol. The van der Waals surface area contributed by atoms with E-state index in [1.165, 1.54) is 36.4 Å². The molecule has 1 fully saturated rings. The molecule has 4 aromatic rings. The molecule has 1 heterocycles.